The number of rotatable bonds is 2. The minimum Gasteiger partial charge on any atom is -0.435 e. The summed E-state index contributed by atoms with van der Waals surface area (Å²) in [5.41, 5.74) is 9.09. The first-order chi connectivity index (χ1) is 5.43. The first kappa shape index (κ1) is 10.2. The molecule has 0 aliphatic rings. The van der Waals surface area contributed by atoms with Crippen molar-refractivity contribution in [3.8, 4) is 0 Å². The van der Waals surface area contributed by atoms with Crippen LogP contribution in [0.3, 0.4) is 0 Å². The molecule has 0 aromatic rings. The van der Waals surface area contributed by atoms with Crippen molar-refractivity contribution in [2.24, 2.45) is 11.5 Å². The summed E-state index contributed by atoms with van der Waals surface area (Å²) >= 11 is 0. The molecule has 1 unspecified atom stereocenters. The Morgan fingerprint density at radius 2 is 1.67 bits per heavy atom. The van der Waals surface area contributed by atoms with E-state index in [-0.39, 0.29) is 0 Å². The minimum atomic E-state index is -1.26. The molecule has 0 bridgehead atoms. The molecule has 7 heteroatoms. The number of hydrogen-bond acceptors (Lipinski definition) is 5. The van der Waals surface area contributed by atoms with Crippen LogP contribution >= 0.6 is 0 Å². The fourth-order valence-electron chi connectivity index (χ4n) is 0.404. The second kappa shape index (κ2) is 4.16. The van der Waals surface area contributed by atoms with Gasteiger partial charge in [-0.3, -0.25) is 0 Å². The van der Waals surface area contributed by atoms with Crippen molar-refractivity contribution < 1.29 is 23.9 Å². The predicted molar refractivity (Wildman–Crippen MR) is 35.8 cm³/mol. The smallest absolute Gasteiger partial charge is 0.412 e. The molecular formula is C5H8N2O5. The van der Waals surface area contributed by atoms with Gasteiger partial charge in [0.25, 0.3) is 0 Å². The van der Waals surface area contributed by atoms with Gasteiger partial charge in [0.2, 0.25) is 0 Å². The summed E-state index contributed by atoms with van der Waals surface area (Å²) in [6, 6.07) is 0. The van der Waals surface area contributed by atoms with E-state index < -0.39 is 24.3 Å². The van der Waals surface area contributed by atoms with Crippen molar-refractivity contribution in [3.05, 3.63) is 0 Å². The van der Waals surface area contributed by atoms with Crippen molar-refractivity contribution in [3.63, 3.8) is 0 Å². The van der Waals surface area contributed by atoms with E-state index in [2.05, 4.69) is 20.9 Å². The van der Waals surface area contributed by atoms with E-state index in [0.29, 0.717) is 0 Å². The molecule has 68 valence electrons. The fraction of sp³-hybridized carbons (Fsp3) is 0.400. The van der Waals surface area contributed by atoms with E-state index in [0.717, 1.165) is 0 Å². The van der Waals surface area contributed by atoms with Crippen LogP contribution in [0.1, 0.15) is 6.92 Å². The zero-order valence-electron chi connectivity index (χ0n) is 6.27. The molecule has 12 heavy (non-hydrogen) atoms. The molecule has 0 saturated carbocycles. The third-order valence-corrected chi connectivity index (χ3v) is 0.826. The van der Waals surface area contributed by atoms with Crippen LogP contribution in [0.25, 0.3) is 0 Å². The molecule has 0 aromatic carbocycles. The molecular weight excluding hydrogens is 168 g/mol. The topological polar surface area (TPSA) is 122 Å². The fourth-order valence-corrected chi connectivity index (χ4v) is 0.404. The first-order valence-electron chi connectivity index (χ1n) is 2.90. The number of amides is 2. The highest BCUT2D eigenvalue weighted by molar-refractivity contribution is 5.87. The van der Waals surface area contributed by atoms with E-state index in [1.54, 1.807) is 0 Å². The Bertz CT molecular complexity index is 214. The second-order valence-corrected chi connectivity index (χ2v) is 1.82. The molecule has 0 aliphatic carbocycles. The van der Waals surface area contributed by atoms with Crippen molar-refractivity contribution in [2.75, 3.05) is 0 Å². The molecule has 0 aliphatic heterocycles. The molecule has 0 radical (unpaired) electrons. The standard InChI is InChI=1S/C5H8N2O5/c1-2(11-4(6)9)3(8)12-5(7)10/h2H,1H3,(H2,6,9)(H2,7,10). The van der Waals surface area contributed by atoms with E-state index in [1.165, 1.54) is 6.92 Å². The highest BCUT2D eigenvalue weighted by Crippen LogP contribution is 1.93. The number of esters is 1. The number of ether oxygens (including phenoxy) is 2. The normalized spacial score (nSPS) is 11.4. The van der Waals surface area contributed by atoms with Crippen LogP contribution in [0.2, 0.25) is 0 Å². The third kappa shape index (κ3) is 4.09. The average molecular weight is 176 g/mol. The Kier molecular flexibility index (Phi) is 3.54. The summed E-state index contributed by atoms with van der Waals surface area (Å²) in [6.07, 6.45) is -3.64. The summed E-state index contributed by atoms with van der Waals surface area (Å²) in [7, 11) is 0. The molecule has 0 heterocycles. The Balaban J connectivity index is 3.93. The monoisotopic (exact) mass is 176 g/mol. The highest BCUT2D eigenvalue weighted by Gasteiger charge is 2.19. The Hall–Kier alpha value is -1.79. The maximum Gasteiger partial charge on any atom is 0.412 e. The first-order valence-corrected chi connectivity index (χ1v) is 2.90. The van der Waals surface area contributed by atoms with Gasteiger partial charge in [-0.1, -0.05) is 0 Å². The maximum atomic E-state index is 10.6. The van der Waals surface area contributed by atoms with Crippen LogP contribution in [-0.2, 0) is 14.3 Å². The quantitative estimate of drug-likeness (QED) is 0.416. The largest absolute Gasteiger partial charge is 0.435 e. The average Bonchev–Trinajstić information content (AvgIpc) is 1.84. The molecule has 0 rings (SSSR count). The third-order valence-electron chi connectivity index (χ3n) is 0.826. The SMILES string of the molecule is CC(OC(N)=O)C(=O)OC(N)=O. The number of hydrogen-bond donors (Lipinski definition) is 2. The van der Waals surface area contributed by atoms with Gasteiger partial charge in [-0.25, -0.2) is 14.4 Å². The zero-order chi connectivity index (χ0) is 9.72. The molecule has 0 aromatic heterocycles. The van der Waals surface area contributed by atoms with Crippen LogP contribution in [0.15, 0.2) is 0 Å². The molecule has 2 amide bonds. The lowest BCUT2D eigenvalue weighted by atomic mass is 10.4. The van der Waals surface area contributed by atoms with Crippen LogP contribution < -0.4 is 11.5 Å². The summed E-state index contributed by atoms with van der Waals surface area (Å²) in [6.45, 7) is 1.19. The van der Waals surface area contributed by atoms with Crippen molar-refractivity contribution in [2.45, 2.75) is 13.0 Å². The van der Waals surface area contributed by atoms with E-state index in [4.69, 9.17) is 0 Å². The molecule has 7 nitrogen and oxygen atoms in total. The number of carbonyl (C=O) groups is 3. The molecule has 1 atom stereocenters. The zero-order valence-corrected chi connectivity index (χ0v) is 6.27. The van der Waals surface area contributed by atoms with Gasteiger partial charge in [0.1, 0.15) is 0 Å². The van der Waals surface area contributed by atoms with Crippen LogP contribution in [-0.4, -0.2) is 24.3 Å². The maximum absolute atomic E-state index is 10.6. The number of nitrogens with two attached hydrogens (primary N) is 2. The van der Waals surface area contributed by atoms with Gasteiger partial charge in [-0.05, 0) is 6.92 Å². The van der Waals surface area contributed by atoms with Gasteiger partial charge in [0.05, 0.1) is 0 Å². The van der Waals surface area contributed by atoms with Gasteiger partial charge in [0.15, 0.2) is 6.10 Å². The Morgan fingerprint density at radius 3 is 2.00 bits per heavy atom. The summed E-state index contributed by atoms with van der Waals surface area (Å²) < 4.78 is 8.05. The van der Waals surface area contributed by atoms with Gasteiger partial charge < -0.3 is 20.9 Å². The lowest BCUT2D eigenvalue weighted by molar-refractivity contribution is -0.145. The van der Waals surface area contributed by atoms with E-state index in [9.17, 15) is 14.4 Å². The van der Waals surface area contributed by atoms with Crippen molar-refractivity contribution in [1.29, 1.82) is 0 Å². The molecule has 0 fully saturated rings. The van der Waals surface area contributed by atoms with Gasteiger partial charge in [0, 0.05) is 0 Å². The summed E-state index contributed by atoms with van der Waals surface area (Å²) in [4.78, 5) is 30.7. The van der Waals surface area contributed by atoms with Gasteiger partial charge >= 0.3 is 18.2 Å². The van der Waals surface area contributed by atoms with Crippen molar-refractivity contribution in [1.82, 2.24) is 0 Å². The van der Waals surface area contributed by atoms with E-state index in [1.807, 2.05) is 0 Å². The highest BCUT2D eigenvalue weighted by atomic mass is 16.6. The van der Waals surface area contributed by atoms with Crippen LogP contribution in [0.4, 0.5) is 9.59 Å². The molecule has 4 N–H and O–H groups in total. The lowest BCUT2D eigenvalue weighted by Gasteiger charge is -2.07. The van der Waals surface area contributed by atoms with Gasteiger partial charge in [-0.15, -0.1) is 0 Å². The Morgan fingerprint density at radius 1 is 1.17 bits per heavy atom. The van der Waals surface area contributed by atoms with Gasteiger partial charge in [-0.2, -0.15) is 0 Å². The number of carbonyl (C=O) groups excluding carboxylic acids is 3. The summed E-state index contributed by atoms with van der Waals surface area (Å²) in [5.74, 6) is -1.07. The molecule has 0 saturated heterocycles. The van der Waals surface area contributed by atoms with E-state index >= 15 is 0 Å². The van der Waals surface area contributed by atoms with Crippen molar-refractivity contribution >= 4 is 18.2 Å². The Labute approximate surface area is 67.6 Å². The lowest BCUT2D eigenvalue weighted by Crippen LogP contribution is -2.31. The number of primary amides is 2. The van der Waals surface area contributed by atoms with Crippen LogP contribution in [0, 0.1) is 0 Å². The second-order valence-electron chi connectivity index (χ2n) is 1.82. The molecule has 0 spiro atoms. The van der Waals surface area contributed by atoms with Crippen LogP contribution in [0.5, 0.6) is 0 Å². The predicted octanol–water partition coefficient (Wildman–Crippen LogP) is -0.908. The summed E-state index contributed by atoms with van der Waals surface area (Å²) in [5, 5.41) is 0. The minimum absolute atomic E-state index is 1.07.